The predicted octanol–water partition coefficient (Wildman–Crippen LogP) is -1.59. The Labute approximate surface area is 137 Å². The van der Waals surface area contributed by atoms with E-state index >= 15 is 0 Å². The zero-order chi connectivity index (χ0) is 17.3. The number of hydrogen-bond acceptors (Lipinski definition) is 8. The quantitative estimate of drug-likeness (QED) is 0.604. The van der Waals surface area contributed by atoms with E-state index in [-0.39, 0.29) is 24.3 Å². The minimum absolute atomic E-state index is 0.196. The standard InChI is InChI=1S/C14H20N4O6/c1-17-6-16-12-9(13(17)21)15-7-18(12)14-11(23-4-3-22-2)10(20)8(5-19)24-14/h6-8,10-11,14,19-20H,3-5H2,1-2H3/t8-,10-,11-,14-/m1/s1. The third-order valence-electron chi connectivity index (χ3n) is 4.01. The van der Waals surface area contributed by atoms with Crippen LogP contribution < -0.4 is 5.56 Å². The molecule has 1 saturated heterocycles. The van der Waals surface area contributed by atoms with Gasteiger partial charge >= 0.3 is 0 Å². The van der Waals surface area contributed by atoms with Crippen molar-refractivity contribution in [3.05, 3.63) is 23.0 Å². The van der Waals surface area contributed by atoms with Gasteiger partial charge in [0.05, 0.1) is 32.5 Å². The van der Waals surface area contributed by atoms with Crippen LogP contribution in [0.25, 0.3) is 11.2 Å². The highest BCUT2D eigenvalue weighted by atomic mass is 16.6. The average molecular weight is 340 g/mol. The van der Waals surface area contributed by atoms with Crippen LogP contribution in [-0.4, -0.2) is 74.6 Å². The summed E-state index contributed by atoms with van der Waals surface area (Å²) in [5, 5.41) is 19.7. The van der Waals surface area contributed by atoms with E-state index in [2.05, 4.69) is 9.97 Å². The zero-order valence-corrected chi connectivity index (χ0v) is 13.4. The topological polar surface area (TPSA) is 121 Å². The van der Waals surface area contributed by atoms with Crippen molar-refractivity contribution >= 4 is 11.2 Å². The molecule has 2 aromatic heterocycles. The summed E-state index contributed by atoms with van der Waals surface area (Å²) >= 11 is 0. The molecule has 10 nitrogen and oxygen atoms in total. The number of aromatic nitrogens is 4. The molecule has 24 heavy (non-hydrogen) atoms. The van der Waals surface area contributed by atoms with Gasteiger partial charge in [-0.25, -0.2) is 9.97 Å². The molecule has 3 heterocycles. The Morgan fingerprint density at radius 2 is 2.12 bits per heavy atom. The highest BCUT2D eigenvalue weighted by molar-refractivity contribution is 5.69. The molecule has 0 bridgehead atoms. The van der Waals surface area contributed by atoms with E-state index in [4.69, 9.17) is 14.2 Å². The number of hydrogen-bond donors (Lipinski definition) is 2. The number of ether oxygens (including phenoxy) is 3. The molecule has 132 valence electrons. The van der Waals surface area contributed by atoms with Gasteiger partial charge in [0, 0.05) is 14.2 Å². The van der Waals surface area contributed by atoms with Gasteiger partial charge in [0.25, 0.3) is 5.56 Å². The summed E-state index contributed by atoms with van der Waals surface area (Å²) in [6.07, 6.45) is -0.534. The monoisotopic (exact) mass is 340 g/mol. The maximum atomic E-state index is 12.1. The molecule has 4 atom stereocenters. The van der Waals surface area contributed by atoms with Gasteiger partial charge < -0.3 is 29.0 Å². The van der Waals surface area contributed by atoms with Gasteiger partial charge in [0.15, 0.2) is 17.4 Å². The number of imidazole rings is 1. The van der Waals surface area contributed by atoms with Crippen LogP contribution in [0, 0.1) is 0 Å². The van der Waals surface area contributed by atoms with Crippen LogP contribution in [0.15, 0.2) is 17.4 Å². The summed E-state index contributed by atoms with van der Waals surface area (Å²) in [7, 11) is 3.13. The summed E-state index contributed by atoms with van der Waals surface area (Å²) in [5.74, 6) is 0. The molecule has 2 N–H and O–H groups in total. The van der Waals surface area contributed by atoms with Crippen molar-refractivity contribution in [1.82, 2.24) is 19.1 Å². The molecule has 0 aromatic carbocycles. The third-order valence-corrected chi connectivity index (χ3v) is 4.01. The lowest BCUT2D eigenvalue weighted by molar-refractivity contribution is -0.0785. The maximum Gasteiger partial charge on any atom is 0.281 e. The van der Waals surface area contributed by atoms with Crippen LogP contribution in [0.5, 0.6) is 0 Å². The van der Waals surface area contributed by atoms with E-state index in [1.807, 2.05) is 0 Å². The predicted molar refractivity (Wildman–Crippen MR) is 81.4 cm³/mol. The van der Waals surface area contributed by atoms with Crippen LogP contribution in [0.1, 0.15) is 6.23 Å². The van der Waals surface area contributed by atoms with Crippen molar-refractivity contribution in [2.24, 2.45) is 7.05 Å². The van der Waals surface area contributed by atoms with Gasteiger partial charge in [-0.05, 0) is 0 Å². The number of aryl methyl sites for hydroxylation is 1. The molecule has 2 aromatic rings. The van der Waals surface area contributed by atoms with Crippen LogP contribution >= 0.6 is 0 Å². The Balaban J connectivity index is 1.96. The lowest BCUT2D eigenvalue weighted by Crippen LogP contribution is -2.36. The summed E-state index contributed by atoms with van der Waals surface area (Å²) in [6, 6.07) is 0. The number of nitrogens with zero attached hydrogens (tertiary/aromatic N) is 4. The molecule has 0 aliphatic carbocycles. The molecule has 0 unspecified atom stereocenters. The molecular weight excluding hydrogens is 320 g/mol. The molecule has 1 fully saturated rings. The van der Waals surface area contributed by atoms with E-state index < -0.39 is 24.5 Å². The summed E-state index contributed by atoms with van der Waals surface area (Å²) < 4.78 is 19.2. The van der Waals surface area contributed by atoms with Crippen LogP contribution in [0.2, 0.25) is 0 Å². The van der Waals surface area contributed by atoms with Gasteiger partial charge in [0.1, 0.15) is 18.3 Å². The van der Waals surface area contributed by atoms with Gasteiger partial charge in [-0.3, -0.25) is 9.36 Å². The molecular formula is C14H20N4O6. The second-order valence-electron chi connectivity index (χ2n) is 5.55. The molecule has 0 spiro atoms. The minimum atomic E-state index is -1.03. The maximum absolute atomic E-state index is 12.1. The first-order chi connectivity index (χ1) is 11.6. The highest BCUT2D eigenvalue weighted by Gasteiger charge is 2.45. The number of aliphatic hydroxyl groups excluding tert-OH is 2. The molecule has 0 amide bonds. The van der Waals surface area contributed by atoms with E-state index in [0.717, 1.165) is 0 Å². The van der Waals surface area contributed by atoms with E-state index in [0.29, 0.717) is 12.3 Å². The Kier molecular flexibility index (Phi) is 4.92. The fourth-order valence-electron chi connectivity index (χ4n) is 2.72. The molecule has 0 radical (unpaired) electrons. The number of aliphatic hydroxyl groups is 2. The number of fused-ring (bicyclic) bond motifs is 1. The first kappa shape index (κ1) is 17.0. The number of rotatable bonds is 6. The molecule has 0 saturated carbocycles. The van der Waals surface area contributed by atoms with Crippen LogP contribution in [-0.2, 0) is 21.3 Å². The summed E-state index contributed by atoms with van der Waals surface area (Å²) in [6.45, 7) is 0.241. The van der Waals surface area contributed by atoms with Crippen LogP contribution in [0.4, 0.5) is 0 Å². The first-order valence-electron chi connectivity index (χ1n) is 7.51. The lowest BCUT2D eigenvalue weighted by atomic mass is 10.1. The van der Waals surface area contributed by atoms with Gasteiger partial charge in [-0.2, -0.15) is 0 Å². The molecule has 3 rings (SSSR count). The number of methoxy groups -OCH3 is 1. The Morgan fingerprint density at radius 3 is 2.83 bits per heavy atom. The third kappa shape index (κ3) is 2.82. The summed E-state index contributed by atoms with van der Waals surface area (Å²) in [5.41, 5.74) is 0.239. The fourth-order valence-corrected chi connectivity index (χ4v) is 2.72. The van der Waals surface area contributed by atoms with Crippen LogP contribution in [0.3, 0.4) is 0 Å². The average Bonchev–Trinajstić information content (AvgIpc) is 3.13. The van der Waals surface area contributed by atoms with Gasteiger partial charge in [-0.1, -0.05) is 0 Å². The SMILES string of the molecule is COCCO[C@@H]1[C@H](O)[C@@H](CO)O[C@H]1n1cnc2c(=O)n(C)cnc21. The largest absolute Gasteiger partial charge is 0.394 e. The Morgan fingerprint density at radius 1 is 1.33 bits per heavy atom. The normalized spacial score (nSPS) is 27.2. The first-order valence-corrected chi connectivity index (χ1v) is 7.51. The second kappa shape index (κ2) is 6.95. The van der Waals surface area contributed by atoms with Gasteiger partial charge in [0.2, 0.25) is 0 Å². The summed E-state index contributed by atoms with van der Waals surface area (Å²) in [4.78, 5) is 20.4. The minimum Gasteiger partial charge on any atom is -0.394 e. The van der Waals surface area contributed by atoms with Crippen molar-refractivity contribution in [2.45, 2.75) is 24.5 Å². The molecule has 1 aliphatic heterocycles. The van der Waals surface area contributed by atoms with Crippen molar-refractivity contribution in [3.63, 3.8) is 0 Å². The molecule has 1 aliphatic rings. The smallest absolute Gasteiger partial charge is 0.281 e. The Hall–Kier alpha value is -1.85. The van der Waals surface area contributed by atoms with E-state index in [1.54, 1.807) is 14.2 Å². The Bertz CT molecular complexity index is 759. The zero-order valence-electron chi connectivity index (χ0n) is 13.4. The fraction of sp³-hybridized carbons (Fsp3) is 0.643. The lowest BCUT2D eigenvalue weighted by Gasteiger charge is -2.21. The molecule has 10 heteroatoms. The van der Waals surface area contributed by atoms with Crippen molar-refractivity contribution in [3.8, 4) is 0 Å². The van der Waals surface area contributed by atoms with Crippen molar-refractivity contribution in [1.29, 1.82) is 0 Å². The highest BCUT2D eigenvalue weighted by Crippen LogP contribution is 2.32. The van der Waals surface area contributed by atoms with E-state index in [1.165, 1.54) is 21.8 Å². The van der Waals surface area contributed by atoms with Gasteiger partial charge in [-0.15, -0.1) is 0 Å². The van der Waals surface area contributed by atoms with Crippen molar-refractivity contribution in [2.75, 3.05) is 26.9 Å². The second-order valence-corrected chi connectivity index (χ2v) is 5.55. The van der Waals surface area contributed by atoms with E-state index in [9.17, 15) is 15.0 Å². The van der Waals surface area contributed by atoms with Crippen molar-refractivity contribution < 1.29 is 24.4 Å².